The van der Waals surface area contributed by atoms with Gasteiger partial charge < -0.3 is 5.32 Å². The summed E-state index contributed by atoms with van der Waals surface area (Å²) in [6.45, 7) is 4.96. The fraction of sp³-hybridized carbons (Fsp3) is 0.208. The Morgan fingerprint density at radius 3 is 2.09 bits per heavy atom. The van der Waals surface area contributed by atoms with Crippen molar-refractivity contribution in [2.75, 3.05) is 27.1 Å². The zero-order chi connectivity index (χ0) is 26.0. The second-order valence-electron chi connectivity index (χ2n) is 8.21. The van der Waals surface area contributed by atoms with Gasteiger partial charge >= 0.3 is 0 Å². The Morgan fingerprint density at radius 1 is 0.914 bits per heavy atom. The number of aryl methyl sites for hydroxylation is 2. The number of benzene rings is 3. The molecule has 0 unspecified atom stereocenters. The number of amides is 1. The molecule has 11 heteroatoms. The van der Waals surface area contributed by atoms with Gasteiger partial charge in [0.05, 0.1) is 22.5 Å². The number of nitrogens with one attached hydrogen (secondary N) is 2. The number of anilines is 3. The lowest BCUT2D eigenvalue weighted by Gasteiger charge is -2.23. The van der Waals surface area contributed by atoms with Crippen LogP contribution in [0.15, 0.2) is 65.6 Å². The summed E-state index contributed by atoms with van der Waals surface area (Å²) in [5, 5.41) is 3.05. The van der Waals surface area contributed by atoms with Crippen LogP contribution < -0.4 is 14.3 Å². The molecule has 35 heavy (non-hydrogen) atoms. The third-order valence-corrected chi connectivity index (χ3v) is 8.07. The first-order valence-corrected chi connectivity index (χ1v) is 14.2. The van der Waals surface area contributed by atoms with Gasteiger partial charge in [-0.1, -0.05) is 23.7 Å². The van der Waals surface area contributed by atoms with Gasteiger partial charge in [0, 0.05) is 10.7 Å². The van der Waals surface area contributed by atoms with Gasteiger partial charge in [0.1, 0.15) is 6.54 Å². The molecule has 3 aromatic carbocycles. The lowest BCUT2D eigenvalue weighted by atomic mass is 10.1. The van der Waals surface area contributed by atoms with Crippen LogP contribution in [0.2, 0.25) is 5.02 Å². The molecular weight excluding hydrogens is 510 g/mol. The largest absolute Gasteiger partial charge is 0.325 e. The molecule has 0 bridgehead atoms. The molecule has 0 radical (unpaired) electrons. The van der Waals surface area contributed by atoms with Crippen LogP contribution in [0.5, 0.6) is 0 Å². The summed E-state index contributed by atoms with van der Waals surface area (Å²) >= 11 is 6.06. The van der Waals surface area contributed by atoms with Crippen molar-refractivity contribution in [1.29, 1.82) is 0 Å². The monoisotopic (exact) mass is 535 g/mol. The average molecular weight is 536 g/mol. The minimum Gasteiger partial charge on any atom is -0.325 e. The molecule has 0 spiro atoms. The summed E-state index contributed by atoms with van der Waals surface area (Å²) < 4.78 is 53.7. The highest BCUT2D eigenvalue weighted by Crippen LogP contribution is 2.26. The zero-order valence-electron chi connectivity index (χ0n) is 19.7. The number of carbonyl (C=O) groups is 1. The second-order valence-corrected chi connectivity index (χ2v) is 12.2. The highest BCUT2D eigenvalue weighted by molar-refractivity contribution is 7.92. The molecule has 0 aromatic heterocycles. The molecule has 0 saturated heterocycles. The van der Waals surface area contributed by atoms with Crippen molar-refractivity contribution in [2.45, 2.75) is 25.7 Å². The summed E-state index contributed by atoms with van der Waals surface area (Å²) in [4.78, 5) is 12.6. The third kappa shape index (κ3) is 6.74. The average Bonchev–Trinajstić information content (AvgIpc) is 2.74. The Labute approximate surface area is 211 Å². The topological polar surface area (TPSA) is 113 Å². The number of nitrogens with zero attached hydrogens (tertiary/aromatic N) is 1. The van der Waals surface area contributed by atoms with Crippen molar-refractivity contribution < 1.29 is 21.6 Å². The van der Waals surface area contributed by atoms with Crippen molar-refractivity contribution in [3.8, 4) is 0 Å². The number of sulfonamides is 2. The molecule has 3 rings (SSSR count). The molecule has 1 amide bonds. The van der Waals surface area contributed by atoms with E-state index in [1.807, 2.05) is 19.9 Å². The number of rotatable bonds is 8. The van der Waals surface area contributed by atoms with E-state index >= 15 is 0 Å². The number of hydrogen-bond acceptors (Lipinski definition) is 5. The van der Waals surface area contributed by atoms with Gasteiger partial charge in [0.2, 0.25) is 15.9 Å². The summed E-state index contributed by atoms with van der Waals surface area (Å²) in [6, 6.07) is 15.7. The van der Waals surface area contributed by atoms with Crippen molar-refractivity contribution in [1.82, 2.24) is 0 Å². The summed E-state index contributed by atoms with van der Waals surface area (Å²) in [5.74, 6) is -0.571. The standard InChI is InChI=1S/C24H26ClN3O5S2/c1-16-12-17(2)14-20(13-16)28(34(4,30)31)15-24(29)26-19-8-10-21(11-9-19)35(32,33)27-23-7-5-6-22(25)18(23)3/h5-14,27H,15H2,1-4H3,(H,26,29). The van der Waals surface area contributed by atoms with Crippen molar-refractivity contribution >= 4 is 54.6 Å². The molecular formula is C24H26ClN3O5S2. The first kappa shape index (κ1) is 26.5. The first-order chi connectivity index (χ1) is 16.3. The molecule has 0 heterocycles. The van der Waals surface area contributed by atoms with Gasteiger partial charge in [-0.25, -0.2) is 16.8 Å². The zero-order valence-corrected chi connectivity index (χ0v) is 22.1. The van der Waals surface area contributed by atoms with Gasteiger partial charge in [-0.3, -0.25) is 13.8 Å². The lowest BCUT2D eigenvalue weighted by Crippen LogP contribution is -2.37. The Kier molecular flexibility index (Phi) is 7.78. The fourth-order valence-corrected chi connectivity index (χ4v) is 5.60. The van der Waals surface area contributed by atoms with E-state index in [1.54, 1.807) is 37.3 Å². The molecule has 186 valence electrons. The van der Waals surface area contributed by atoms with E-state index in [1.165, 1.54) is 24.3 Å². The predicted octanol–water partition coefficient (Wildman–Crippen LogP) is 4.47. The molecule has 0 atom stereocenters. The van der Waals surface area contributed by atoms with E-state index in [0.717, 1.165) is 21.7 Å². The van der Waals surface area contributed by atoms with E-state index in [-0.39, 0.29) is 4.90 Å². The maximum Gasteiger partial charge on any atom is 0.261 e. The predicted molar refractivity (Wildman–Crippen MR) is 140 cm³/mol. The van der Waals surface area contributed by atoms with E-state index in [2.05, 4.69) is 10.0 Å². The fourth-order valence-electron chi connectivity index (χ4n) is 3.46. The molecule has 0 fully saturated rings. The van der Waals surface area contributed by atoms with Crippen LogP contribution in [0, 0.1) is 20.8 Å². The van der Waals surface area contributed by atoms with Gasteiger partial charge in [-0.2, -0.15) is 0 Å². The first-order valence-electron chi connectivity index (χ1n) is 10.5. The van der Waals surface area contributed by atoms with Crippen LogP contribution >= 0.6 is 11.6 Å². The minimum atomic E-state index is -3.89. The maximum atomic E-state index is 12.8. The minimum absolute atomic E-state index is 0.0112. The van der Waals surface area contributed by atoms with E-state index < -0.39 is 32.5 Å². The molecule has 3 aromatic rings. The molecule has 0 aliphatic rings. The van der Waals surface area contributed by atoms with Crippen LogP contribution in [0.4, 0.5) is 17.1 Å². The van der Waals surface area contributed by atoms with Crippen LogP contribution in [0.3, 0.4) is 0 Å². The van der Waals surface area contributed by atoms with Crippen LogP contribution in [0.25, 0.3) is 0 Å². The summed E-state index contributed by atoms with van der Waals surface area (Å²) in [6.07, 6.45) is 1.03. The molecule has 0 saturated carbocycles. The Hall–Kier alpha value is -3.08. The van der Waals surface area contributed by atoms with Gasteiger partial charge in [0.15, 0.2) is 0 Å². The SMILES string of the molecule is Cc1cc(C)cc(N(CC(=O)Nc2ccc(S(=O)(=O)Nc3cccc(Cl)c3C)cc2)S(C)(=O)=O)c1. The highest BCUT2D eigenvalue weighted by atomic mass is 35.5. The van der Waals surface area contributed by atoms with Crippen molar-refractivity contribution in [2.24, 2.45) is 0 Å². The Morgan fingerprint density at radius 2 is 1.51 bits per heavy atom. The lowest BCUT2D eigenvalue weighted by molar-refractivity contribution is -0.114. The molecule has 0 aliphatic carbocycles. The molecule has 8 nitrogen and oxygen atoms in total. The van der Waals surface area contributed by atoms with Crippen molar-refractivity contribution in [3.05, 3.63) is 82.4 Å². The van der Waals surface area contributed by atoms with Crippen LogP contribution in [-0.2, 0) is 24.8 Å². The normalized spacial score (nSPS) is 11.7. The Balaban J connectivity index is 1.75. The summed E-state index contributed by atoms with van der Waals surface area (Å²) in [7, 11) is -7.62. The maximum absolute atomic E-state index is 12.8. The Bertz CT molecular complexity index is 1450. The smallest absolute Gasteiger partial charge is 0.261 e. The van der Waals surface area contributed by atoms with Crippen LogP contribution in [-0.4, -0.2) is 35.5 Å². The highest BCUT2D eigenvalue weighted by Gasteiger charge is 2.22. The van der Waals surface area contributed by atoms with Crippen molar-refractivity contribution in [3.63, 3.8) is 0 Å². The molecule has 2 N–H and O–H groups in total. The van der Waals surface area contributed by atoms with Gasteiger partial charge in [0.25, 0.3) is 10.0 Å². The number of carbonyl (C=O) groups excluding carboxylic acids is 1. The van der Waals surface area contributed by atoms with Crippen LogP contribution in [0.1, 0.15) is 16.7 Å². The van der Waals surface area contributed by atoms with E-state index in [9.17, 15) is 21.6 Å². The third-order valence-electron chi connectivity index (χ3n) is 5.14. The number of halogens is 1. The van der Waals surface area contributed by atoms with E-state index in [0.29, 0.717) is 27.6 Å². The van der Waals surface area contributed by atoms with Gasteiger partial charge in [-0.05, 0) is 86.0 Å². The quantitative estimate of drug-likeness (QED) is 0.442. The molecule has 0 aliphatic heterocycles. The number of hydrogen-bond donors (Lipinski definition) is 2. The van der Waals surface area contributed by atoms with Gasteiger partial charge in [-0.15, -0.1) is 0 Å². The second kappa shape index (κ2) is 10.3. The summed E-state index contributed by atoms with van der Waals surface area (Å²) in [5.41, 5.74) is 3.41. The van der Waals surface area contributed by atoms with E-state index in [4.69, 9.17) is 11.6 Å².